The zero-order chi connectivity index (χ0) is 17.6. The summed E-state index contributed by atoms with van der Waals surface area (Å²) in [4.78, 5) is 14.8. The summed E-state index contributed by atoms with van der Waals surface area (Å²) >= 11 is 0. The first-order valence-corrected chi connectivity index (χ1v) is 8.96. The van der Waals surface area contributed by atoms with Gasteiger partial charge in [0, 0.05) is 18.2 Å². The Morgan fingerprint density at radius 3 is 2.84 bits per heavy atom. The highest BCUT2D eigenvalue weighted by atomic mass is 16.3. The number of likely N-dealkylation sites (tertiary alicyclic amines) is 1. The molecule has 1 amide bonds. The van der Waals surface area contributed by atoms with Crippen molar-refractivity contribution in [3.63, 3.8) is 0 Å². The molecule has 25 heavy (non-hydrogen) atoms. The molecule has 4 heteroatoms. The highest BCUT2D eigenvalue weighted by Crippen LogP contribution is 2.24. The summed E-state index contributed by atoms with van der Waals surface area (Å²) in [6, 6.07) is 15.9. The van der Waals surface area contributed by atoms with E-state index in [4.69, 9.17) is 0 Å². The molecule has 0 saturated carbocycles. The molecule has 0 bridgehead atoms. The number of aliphatic hydroxyl groups excluding tert-OH is 1. The monoisotopic (exact) mass is 338 g/mol. The van der Waals surface area contributed by atoms with Gasteiger partial charge in [-0.15, -0.1) is 0 Å². The Balaban J connectivity index is 1.65. The van der Waals surface area contributed by atoms with Crippen LogP contribution < -0.4 is 5.32 Å². The van der Waals surface area contributed by atoms with Crippen LogP contribution in [0, 0.1) is 0 Å². The van der Waals surface area contributed by atoms with Crippen LogP contribution in [0.3, 0.4) is 0 Å². The molecule has 0 aromatic heterocycles. The average Bonchev–Trinajstić information content (AvgIpc) is 3.06. The number of amides is 1. The lowest BCUT2D eigenvalue weighted by atomic mass is 9.98. The number of nitrogens with one attached hydrogen (secondary N) is 1. The van der Waals surface area contributed by atoms with E-state index >= 15 is 0 Å². The third-order valence-corrected chi connectivity index (χ3v) is 5.06. The molecule has 1 saturated heterocycles. The van der Waals surface area contributed by atoms with E-state index in [0.29, 0.717) is 18.2 Å². The first kappa shape index (κ1) is 17.6. The maximum Gasteiger partial charge on any atom is 0.251 e. The van der Waals surface area contributed by atoms with Crippen LogP contribution in [0.5, 0.6) is 0 Å². The third-order valence-electron chi connectivity index (χ3n) is 5.06. The molecule has 2 aromatic rings. The number of carbonyl (C=O) groups is 1. The lowest BCUT2D eigenvalue weighted by Gasteiger charge is -2.19. The number of nitrogens with zero attached hydrogens (tertiary/aromatic N) is 1. The molecule has 0 radical (unpaired) electrons. The molecule has 1 fully saturated rings. The van der Waals surface area contributed by atoms with Gasteiger partial charge in [0.2, 0.25) is 0 Å². The number of hydrogen-bond acceptors (Lipinski definition) is 3. The molecular weight excluding hydrogens is 312 g/mol. The van der Waals surface area contributed by atoms with E-state index in [1.165, 1.54) is 12.8 Å². The molecule has 2 N–H and O–H groups in total. The first-order chi connectivity index (χ1) is 12.2. The molecule has 0 spiro atoms. The molecule has 2 aromatic carbocycles. The van der Waals surface area contributed by atoms with E-state index in [1.54, 1.807) is 0 Å². The van der Waals surface area contributed by atoms with Crippen LogP contribution >= 0.6 is 0 Å². The second-order valence-corrected chi connectivity index (χ2v) is 6.72. The van der Waals surface area contributed by atoms with Gasteiger partial charge in [-0.1, -0.05) is 36.4 Å². The number of carbonyl (C=O) groups excluding carboxylic acids is 1. The van der Waals surface area contributed by atoms with Crippen LogP contribution in [0.2, 0.25) is 0 Å². The molecular formula is C21H26N2O2. The SMILES string of the molecule is CN1CCC[C@@H]1CCNC(=O)c1cccc(-c2ccccc2CO)c1. The number of rotatable bonds is 6. The van der Waals surface area contributed by atoms with Gasteiger partial charge in [-0.3, -0.25) is 4.79 Å². The number of aliphatic hydroxyl groups is 1. The summed E-state index contributed by atoms with van der Waals surface area (Å²) in [6.45, 7) is 1.84. The van der Waals surface area contributed by atoms with Gasteiger partial charge < -0.3 is 15.3 Å². The van der Waals surface area contributed by atoms with Gasteiger partial charge >= 0.3 is 0 Å². The largest absolute Gasteiger partial charge is 0.392 e. The van der Waals surface area contributed by atoms with Crippen molar-refractivity contribution in [2.24, 2.45) is 0 Å². The Bertz CT molecular complexity index is 729. The van der Waals surface area contributed by atoms with Crippen molar-refractivity contribution in [1.82, 2.24) is 10.2 Å². The topological polar surface area (TPSA) is 52.6 Å². The molecule has 1 atom stereocenters. The van der Waals surface area contributed by atoms with Gasteiger partial charge in [-0.2, -0.15) is 0 Å². The summed E-state index contributed by atoms with van der Waals surface area (Å²) in [7, 11) is 2.15. The molecule has 0 unspecified atom stereocenters. The van der Waals surface area contributed by atoms with Gasteiger partial charge in [0.05, 0.1) is 6.61 Å². The van der Waals surface area contributed by atoms with Crippen LogP contribution in [0.25, 0.3) is 11.1 Å². The van der Waals surface area contributed by atoms with E-state index in [0.717, 1.165) is 29.7 Å². The summed E-state index contributed by atoms with van der Waals surface area (Å²) in [5.74, 6) is -0.0380. The zero-order valence-electron chi connectivity index (χ0n) is 14.7. The smallest absolute Gasteiger partial charge is 0.251 e. The molecule has 4 nitrogen and oxygen atoms in total. The molecule has 1 aliphatic rings. The van der Waals surface area contributed by atoms with Crippen LogP contribution in [0.1, 0.15) is 35.2 Å². The van der Waals surface area contributed by atoms with Crippen molar-refractivity contribution in [3.8, 4) is 11.1 Å². The Labute approximate surface area is 149 Å². The summed E-state index contributed by atoms with van der Waals surface area (Å²) in [5, 5.41) is 12.6. The Kier molecular flexibility index (Phi) is 5.84. The second kappa shape index (κ2) is 8.28. The second-order valence-electron chi connectivity index (χ2n) is 6.72. The van der Waals surface area contributed by atoms with Crippen LogP contribution in [-0.4, -0.2) is 42.1 Å². The fraction of sp³-hybridized carbons (Fsp3) is 0.381. The third kappa shape index (κ3) is 4.27. The minimum atomic E-state index is -0.0380. The minimum Gasteiger partial charge on any atom is -0.392 e. The molecule has 3 rings (SSSR count). The Morgan fingerprint density at radius 1 is 1.24 bits per heavy atom. The van der Waals surface area contributed by atoms with E-state index in [9.17, 15) is 9.90 Å². The van der Waals surface area contributed by atoms with Crippen LogP contribution in [-0.2, 0) is 6.61 Å². The number of benzene rings is 2. The van der Waals surface area contributed by atoms with E-state index in [2.05, 4.69) is 17.3 Å². The van der Waals surface area contributed by atoms with Crippen molar-refractivity contribution in [2.75, 3.05) is 20.1 Å². The fourth-order valence-electron chi connectivity index (χ4n) is 3.57. The van der Waals surface area contributed by atoms with Crippen molar-refractivity contribution in [2.45, 2.75) is 31.9 Å². The molecule has 132 valence electrons. The van der Waals surface area contributed by atoms with Crippen LogP contribution in [0.4, 0.5) is 0 Å². The van der Waals surface area contributed by atoms with Gasteiger partial charge in [-0.25, -0.2) is 0 Å². The first-order valence-electron chi connectivity index (χ1n) is 8.96. The Morgan fingerprint density at radius 2 is 2.08 bits per heavy atom. The predicted molar refractivity (Wildman–Crippen MR) is 100 cm³/mol. The highest BCUT2D eigenvalue weighted by Gasteiger charge is 2.20. The van der Waals surface area contributed by atoms with Crippen molar-refractivity contribution in [1.29, 1.82) is 0 Å². The summed E-state index contributed by atoms with van der Waals surface area (Å²) < 4.78 is 0. The lowest BCUT2D eigenvalue weighted by Crippen LogP contribution is -2.31. The van der Waals surface area contributed by atoms with E-state index < -0.39 is 0 Å². The Hall–Kier alpha value is -2.17. The zero-order valence-corrected chi connectivity index (χ0v) is 14.7. The predicted octanol–water partition coefficient (Wildman–Crippen LogP) is 3.06. The van der Waals surface area contributed by atoms with Gasteiger partial charge in [0.15, 0.2) is 0 Å². The normalized spacial score (nSPS) is 17.6. The standard InChI is InChI=1S/C21H26N2O2/c1-23-13-5-9-19(23)11-12-22-21(25)17-8-4-7-16(14-17)20-10-3-2-6-18(20)15-24/h2-4,6-8,10,14,19,24H,5,9,11-13,15H2,1H3,(H,22,25)/t19-/m1/s1. The van der Waals surface area contributed by atoms with Crippen molar-refractivity contribution >= 4 is 5.91 Å². The van der Waals surface area contributed by atoms with E-state index in [1.807, 2.05) is 48.5 Å². The van der Waals surface area contributed by atoms with Gasteiger partial charge in [0.1, 0.15) is 0 Å². The molecule has 0 aliphatic carbocycles. The van der Waals surface area contributed by atoms with E-state index in [-0.39, 0.29) is 12.5 Å². The van der Waals surface area contributed by atoms with Crippen LogP contribution in [0.15, 0.2) is 48.5 Å². The lowest BCUT2D eigenvalue weighted by molar-refractivity contribution is 0.0950. The minimum absolute atomic E-state index is 0.0124. The molecule has 1 aliphatic heterocycles. The van der Waals surface area contributed by atoms with Crippen molar-refractivity contribution in [3.05, 3.63) is 59.7 Å². The van der Waals surface area contributed by atoms with Gasteiger partial charge in [0.25, 0.3) is 5.91 Å². The van der Waals surface area contributed by atoms with Crippen molar-refractivity contribution < 1.29 is 9.90 Å². The fourth-order valence-corrected chi connectivity index (χ4v) is 3.57. The highest BCUT2D eigenvalue weighted by molar-refractivity contribution is 5.95. The van der Waals surface area contributed by atoms with Gasteiger partial charge in [-0.05, 0) is 61.7 Å². The maximum atomic E-state index is 12.5. The summed E-state index contributed by atoms with van der Waals surface area (Å²) in [5.41, 5.74) is 3.44. The average molecular weight is 338 g/mol. The maximum absolute atomic E-state index is 12.5. The molecule has 1 heterocycles. The number of hydrogen-bond donors (Lipinski definition) is 2. The quantitative estimate of drug-likeness (QED) is 0.851. The summed E-state index contributed by atoms with van der Waals surface area (Å²) in [6.07, 6.45) is 3.47.